The van der Waals surface area contributed by atoms with Crippen LogP contribution in [0.1, 0.15) is 85.0 Å². The Kier molecular flexibility index (Phi) is 11.4. The molecule has 0 unspecified atom stereocenters. The number of ether oxygens (including phenoxy) is 1. The van der Waals surface area contributed by atoms with Crippen LogP contribution in [0.4, 0.5) is 21.0 Å². The fourth-order valence-corrected chi connectivity index (χ4v) is 10.3. The molecule has 2 spiro atoms. The van der Waals surface area contributed by atoms with Crippen molar-refractivity contribution in [3.63, 3.8) is 0 Å². The molecule has 0 bridgehead atoms. The van der Waals surface area contributed by atoms with Crippen molar-refractivity contribution >= 4 is 23.4 Å². The van der Waals surface area contributed by atoms with E-state index in [0.717, 1.165) is 96.6 Å². The van der Waals surface area contributed by atoms with Crippen LogP contribution in [-0.4, -0.2) is 96.4 Å². The van der Waals surface area contributed by atoms with Gasteiger partial charge >= 0.3 is 12.1 Å². The largest absolute Gasteiger partial charge is 0.508 e. The number of anilines is 2. The van der Waals surface area contributed by atoms with E-state index in [2.05, 4.69) is 82.9 Å². The maximum Gasteiger partial charge on any atom is 0.322 e. The average Bonchev–Trinajstić information content (AvgIpc) is 3.70. The minimum atomic E-state index is -0.218. The maximum atomic E-state index is 12.9. The second-order valence-corrected chi connectivity index (χ2v) is 18.0. The number of phenolic OH excluding ortho intramolecular Hbond substituents is 1. The number of rotatable bonds is 7. The zero-order valence-corrected chi connectivity index (χ0v) is 36.4. The van der Waals surface area contributed by atoms with Crippen LogP contribution in [0.25, 0.3) is 0 Å². The number of aromatic hydroxyl groups is 1. The number of hydrogen-bond donors (Lipinski definition) is 3. The van der Waals surface area contributed by atoms with E-state index in [1.807, 2.05) is 80.2 Å². The number of benzene rings is 2. The third-order valence-electron chi connectivity index (χ3n) is 13.9. The predicted octanol–water partition coefficient (Wildman–Crippen LogP) is 7.71. The first kappa shape index (κ1) is 41.9. The van der Waals surface area contributed by atoms with Gasteiger partial charge in [0.25, 0.3) is 0 Å². The molecule has 2 aliphatic heterocycles. The van der Waals surface area contributed by atoms with Gasteiger partial charge in [-0.05, 0) is 166 Å². The topological polar surface area (TPSA) is 126 Å². The number of aryl methyl sites for hydroxylation is 4. The number of urea groups is 2. The molecule has 2 saturated heterocycles. The van der Waals surface area contributed by atoms with Gasteiger partial charge in [-0.25, -0.2) is 9.59 Å². The van der Waals surface area contributed by atoms with Crippen LogP contribution in [0.2, 0.25) is 0 Å². The lowest BCUT2D eigenvalue weighted by Gasteiger charge is -2.48. The minimum Gasteiger partial charge on any atom is -0.508 e. The van der Waals surface area contributed by atoms with Crippen molar-refractivity contribution in [2.24, 2.45) is 0 Å². The molecular formula is C47H62N8O4. The lowest BCUT2D eigenvalue weighted by atomic mass is 9.69. The van der Waals surface area contributed by atoms with Crippen molar-refractivity contribution < 1.29 is 19.4 Å². The highest BCUT2D eigenvalue weighted by atomic mass is 16.5. The highest BCUT2D eigenvalue weighted by molar-refractivity contribution is 5.96. The number of carbonyl (C=O) groups excluding carboxylic acids is 2. The SMILES string of the molecule is COc1cccc(C2(N(C)C)CCC3(CC2)CN(c2cnc(C)cc2C)C(=O)N3)c1.Cc1cc(C)c(N2CC3(CCC(c4cccc(O)c4)(N(C)C)CC3)NC2=O)cn1. The Balaban J connectivity index is 0.000000179. The standard InChI is InChI=1S/C24H32N4O2.C23H30N4O2/c1-17-13-18(2)25-15-21(17)28-16-23(26-22(28)29)9-11-24(12-10-23,27(3)4)19-7-6-8-20(14-19)30-5;1-16-12-17(2)24-14-20(16)27-15-22(25-21(27)29)8-10-23(11-9-22,26(3)4)18-6-5-7-19(28)13-18/h6-8,13-15H,9-12,16H2,1-5H3,(H,26,29);5-7,12-14,28H,8-11,15H2,1-4H3,(H,25,29). The van der Waals surface area contributed by atoms with E-state index >= 15 is 0 Å². The predicted molar refractivity (Wildman–Crippen MR) is 233 cm³/mol. The summed E-state index contributed by atoms with van der Waals surface area (Å²) in [6.07, 6.45) is 11.1. The number of nitrogens with one attached hydrogen (secondary N) is 2. The molecule has 4 aromatic rings. The number of nitrogens with zero attached hydrogens (tertiary/aromatic N) is 6. The Morgan fingerprint density at radius 3 is 1.44 bits per heavy atom. The van der Waals surface area contributed by atoms with Gasteiger partial charge < -0.3 is 20.5 Å². The highest BCUT2D eigenvalue weighted by Crippen LogP contribution is 2.48. The van der Waals surface area contributed by atoms with Gasteiger partial charge in [0.15, 0.2) is 0 Å². The Bertz CT molecular complexity index is 2190. The summed E-state index contributed by atoms with van der Waals surface area (Å²) in [6, 6.07) is 20.0. The molecule has 2 saturated carbocycles. The van der Waals surface area contributed by atoms with Crippen LogP contribution in [-0.2, 0) is 11.1 Å². The smallest absolute Gasteiger partial charge is 0.322 e. The molecule has 8 rings (SSSR count). The molecule has 59 heavy (non-hydrogen) atoms. The fourth-order valence-electron chi connectivity index (χ4n) is 10.3. The van der Waals surface area contributed by atoms with E-state index in [0.29, 0.717) is 18.8 Å². The number of pyridine rings is 2. The van der Waals surface area contributed by atoms with Gasteiger partial charge in [-0.2, -0.15) is 0 Å². The number of phenols is 1. The van der Waals surface area contributed by atoms with Crippen LogP contribution in [0, 0.1) is 27.7 Å². The third-order valence-corrected chi connectivity index (χ3v) is 13.9. The molecule has 0 radical (unpaired) electrons. The molecule has 4 fully saturated rings. The molecule has 314 valence electrons. The molecular weight excluding hydrogens is 741 g/mol. The molecule has 2 aromatic heterocycles. The highest BCUT2D eigenvalue weighted by Gasteiger charge is 2.52. The quantitative estimate of drug-likeness (QED) is 0.174. The van der Waals surface area contributed by atoms with Crippen molar-refractivity contribution in [2.75, 3.05) is 58.2 Å². The van der Waals surface area contributed by atoms with E-state index < -0.39 is 0 Å². The van der Waals surface area contributed by atoms with Gasteiger partial charge in [0.05, 0.1) is 55.0 Å². The van der Waals surface area contributed by atoms with Gasteiger partial charge in [0.1, 0.15) is 11.5 Å². The summed E-state index contributed by atoms with van der Waals surface area (Å²) in [5.41, 5.74) is 7.71. The first-order valence-electron chi connectivity index (χ1n) is 20.9. The van der Waals surface area contributed by atoms with E-state index in [4.69, 9.17) is 4.74 Å². The van der Waals surface area contributed by atoms with Crippen molar-refractivity contribution in [3.05, 3.63) is 107 Å². The van der Waals surface area contributed by atoms with Crippen molar-refractivity contribution in [2.45, 2.75) is 101 Å². The third kappa shape index (κ3) is 7.96. The van der Waals surface area contributed by atoms with Crippen LogP contribution < -0.4 is 25.2 Å². The van der Waals surface area contributed by atoms with E-state index in [1.54, 1.807) is 13.2 Å². The van der Waals surface area contributed by atoms with E-state index in [9.17, 15) is 14.7 Å². The molecule has 4 aliphatic rings. The summed E-state index contributed by atoms with van der Waals surface area (Å²) in [7, 11) is 10.2. The maximum absolute atomic E-state index is 12.9. The first-order chi connectivity index (χ1) is 28.0. The monoisotopic (exact) mass is 802 g/mol. The number of methoxy groups -OCH3 is 1. The summed E-state index contributed by atoms with van der Waals surface area (Å²) in [5, 5.41) is 16.6. The Morgan fingerprint density at radius 1 is 0.627 bits per heavy atom. The number of carbonyl (C=O) groups is 2. The average molecular weight is 803 g/mol. The Morgan fingerprint density at radius 2 is 1.05 bits per heavy atom. The summed E-state index contributed by atoms with van der Waals surface area (Å²) in [5.74, 6) is 1.18. The summed E-state index contributed by atoms with van der Waals surface area (Å²) < 4.78 is 5.47. The Labute approximate surface area is 350 Å². The molecule has 2 aromatic carbocycles. The van der Waals surface area contributed by atoms with E-state index in [-0.39, 0.29) is 34.2 Å². The first-order valence-corrected chi connectivity index (χ1v) is 20.9. The van der Waals surface area contributed by atoms with Gasteiger partial charge in [-0.3, -0.25) is 29.6 Å². The number of hydrogen-bond acceptors (Lipinski definition) is 8. The molecule has 4 amide bonds. The van der Waals surface area contributed by atoms with Gasteiger partial charge in [0.2, 0.25) is 0 Å². The minimum absolute atomic E-state index is 0.0116. The lowest BCUT2D eigenvalue weighted by molar-refractivity contribution is 0.0655. The molecule has 3 N–H and O–H groups in total. The van der Waals surface area contributed by atoms with Crippen LogP contribution in [0.5, 0.6) is 11.5 Å². The molecule has 0 atom stereocenters. The van der Waals surface area contributed by atoms with Crippen molar-refractivity contribution in [1.82, 2.24) is 30.4 Å². The summed E-state index contributed by atoms with van der Waals surface area (Å²) in [6.45, 7) is 9.37. The summed E-state index contributed by atoms with van der Waals surface area (Å²) >= 11 is 0. The lowest BCUT2D eigenvalue weighted by Crippen LogP contribution is -2.54. The molecule has 4 heterocycles. The van der Waals surface area contributed by atoms with E-state index in [1.165, 1.54) is 5.56 Å². The molecule has 12 nitrogen and oxygen atoms in total. The van der Waals surface area contributed by atoms with Crippen molar-refractivity contribution in [1.29, 1.82) is 0 Å². The molecule has 2 aliphatic carbocycles. The number of aromatic nitrogens is 2. The number of amides is 4. The van der Waals surface area contributed by atoms with Crippen LogP contribution >= 0.6 is 0 Å². The van der Waals surface area contributed by atoms with Gasteiger partial charge in [0, 0.05) is 22.5 Å². The van der Waals surface area contributed by atoms with Gasteiger partial charge in [-0.1, -0.05) is 24.3 Å². The van der Waals surface area contributed by atoms with Crippen molar-refractivity contribution in [3.8, 4) is 11.5 Å². The molecule has 12 heteroatoms. The zero-order chi connectivity index (χ0) is 42.3. The second kappa shape index (κ2) is 16.1. The summed E-state index contributed by atoms with van der Waals surface area (Å²) in [4.78, 5) is 42.9. The normalized spacial score (nSPS) is 26.6. The van der Waals surface area contributed by atoms with Gasteiger partial charge in [-0.15, -0.1) is 0 Å². The fraction of sp³-hybridized carbons (Fsp3) is 0.489. The van der Waals surface area contributed by atoms with Crippen LogP contribution in [0.15, 0.2) is 73.1 Å². The Hall–Kier alpha value is -5.20. The second-order valence-electron chi connectivity index (χ2n) is 18.0. The zero-order valence-electron chi connectivity index (χ0n) is 36.4. The van der Waals surface area contributed by atoms with Crippen LogP contribution in [0.3, 0.4) is 0 Å².